The average Bonchev–Trinajstić information content (AvgIpc) is 2.85. The van der Waals surface area contributed by atoms with Crippen LogP contribution in [0.2, 0.25) is 13.3 Å². The van der Waals surface area contributed by atoms with Crippen molar-refractivity contribution in [3.63, 3.8) is 0 Å². The Morgan fingerprint density at radius 3 is 1.74 bits per heavy atom. The molecular weight excluding hydrogens is 339 g/mol. The summed E-state index contributed by atoms with van der Waals surface area (Å²) in [6, 6.07) is 0. The molecule has 1 heterocycles. The average molecular weight is 371 g/mol. The van der Waals surface area contributed by atoms with Crippen LogP contribution >= 0.6 is 0 Å². The third kappa shape index (κ3) is 5.13. The van der Waals surface area contributed by atoms with Crippen molar-refractivity contribution in [2.75, 3.05) is 0 Å². The summed E-state index contributed by atoms with van der Waals surface area (Å²) in [6.45, 7) is 7.00. The summed E-state index contributed by atoms with van der Waals surface area (Å²) in [5, 5.41) is 4.48. The minimum atomic E-state index is -2.16. The molecule has 1 rings (SSSR count). The van der Waals surface area contributed by atoms with Gasteiger partial charge in [0.05, 0.1) is 0 Å². The van der Waals surface area contributed by atoms with E-state index >= 15 is 0 Å². The predicted octanol–water partition coefficient (Wildman–Crippen LogP) is 4.48. The Morgan fingerprint density at radius 2 is 1.42 bits per heavy atom. The number of unbranched alkanes of at least 4 members (excludes halogenated alkanes) is 3. The molecular formula is C16H32N2Sn. The Hall–Kier alpha value is 0.00870. The molecule has 1 aromatic heterocycles. The van der Waals surface area contributed by atoms with Gasteiger partial charge in [-0.25, -0.2) is 0 Å². The predicted molar refractivity (Wildman–Crippen MR) is 87.7 cm³/mol. The maximum absolute atomic E-state index is 4.48. The standard InChI is InChI=1S/C4H5N2.3C4H9.Sn/c1-6-4-2-3-5-6;3*1-3-4-2;/h3-4H,1H3;3*1,3-4H2,2H3;. The number of aryl methyl sites for hydroxylation is 1. The summed E-state index contributed by atoms with van der Waals surface area (Å²) in [5.41, 5.74) is 0. The molecule has 0 saturated heterocycles. The molecule has 19 heavy (non-hydrogen) atoms. The molecule has 0 saturated carbocycles. The van der Waals surface area contributed by atoms with Crippen molar-refractivity contribution < 1.29 is 0 Å². The van der Waals surface area contributed by atoms with Crippen molar-refractivity contribution in [2.24, 2.45) is 7.05 Å². The second-order valence-corrected chi connectivity index (χ2v) is 19.2. The number of aromatic nitrogens is 2. The van der Waals surface area contributed by atoms with Crippen molar-refractivity contribution in [2.45, 2.75) is 72.6 Å². The van der Waals surface area contributed by atoms with Gasteiger partial charge < -0.3 is 0 Å². The molecule has 0 bridgehead atoms. The maximum atomic E-state index is 4.48. The molecule has 0 aromatic carbocycles. The number of hydrogen-bond acceptors (Lipinski definition) is 1. The summed E-state index contributed by atoms with van der Waals surface area (Å²) in [7, 11) is 2.07. The normalized spacial score (nSPS) is 12.0. The van der Waals surface area contributed by atoms with Gasteiger partial charge in [0, 0.05) is 0 Å². The monoisotopic (exact) mass is 372 g/mol. The van der Waals surface area contributed by atoms with Gasteiger partial charge in [0.15, 0.2) is 0 Å². The van der Waals surface area contributed by atoms with Crippen molar-refractivity contribution in [3.05, 3.63) is 12.4 Å². The Labute approximate surface area is 123 Å². The van der Waals surface area contributed by atoms with Gasteiger partial charge in [0.25, 0.3) is 0 Å². The fourth-order valence-electron chi connectivity index (χ4n) is 3.05. The summed E-state index contributed by atoms with van der Waals surface area (Å²) in [6.07, 6.45) is 12.9. The zero-order chi connectivity index (χ0) is 14.1. The molecule has 0 fully saturated rings. The number of rotatable bonds is 10. The summed E-state index contributed by atoms with van der Waals surface area (Å²) < 4.78 is 8.32. The van der Waals surface area contributed by atoms with Crippen LogP contribution in [0.25, 0.3) is 0 Å². The van der Waals surface area contributed by atoms with Crippen LogP contribution in [0.5, 0.6) is 0 Å². The number of nitrogens with zero attached hydrogens (tertiary/aromatic N) is 2. The molecule has 0 N–H and O–H groups in total. The molecule has 0 aliphatic rings. The molecule has 3 heteroatoms. The van der Waals surface area contributed by atoms with Gasteiger partial charge in [-0.15, -0.1) is 0 Å². The van der Waals surface area contributed by atoms with Gasteiger partial charge in [-0.05, 0) is 0 Å². The zero-order valence-electron chi connectivity index (χ0n) is 13.4. The van der Waals surface area contributed by atoms with Crippen LogP contribution < -0.4 is 3.58 Å². The SMILES string of the molecule is CCC[CH2][Sn]([CH2]CCC)([CH2]CCC)[c]1cnn(C)c1. The van der Waals surface area contributed by atoms with Gasteiger partial charge in [0.1, 0.15) is 0 Å². The number of hydrogen-bond donors (Lipinski definition) is 0. The first-order valence-corrected chi connectivity index (χ1v) is 15.7. The molecule has 110 valence electrons. The van der Waals surface area contributed by atoms with Crippen molar-refractivity contribution in [1.82, 2.24) is 9.78 Å². The summed E-state index contributed by atoms with van der Waals surface area (Å²) in [4.78, 5) is 0. The Morgan fingerprint density at radius 1 is 0.947 bits per heavy atom. The first kappa shape index (κ1) is 17.1. The first-order chi connectivity index (χ1) is 9.18. The van der Waals surface area contributed by atoms with Crippen LogP contribution in [-0.4, -0.2) is 28.2 Å². The van der Waals surface area contributed by atoms with E-state index in [1.54, 1.807) is 3.58 Å². The van der Waals surface area contributed by atoms with Crippen LogP contribution in [-0.2, 0) is 7.05 Å². The zero-order valence-corrected chi connectivity index (χ0v) is 16.3. The topological polar surface area (TPSA) is 17.8 Å². The molecule has 0 atom stereocenters. The molecule has 0 spiro atoms. The van der Waals surface area contributed by atoms with E-state index in [0.717, 1.165) is 0 Å². The van der Waals surface area contributed by atoms with Crippen molar-refractivity contribution in [3.8, 4) is 0 Å². The van der Waals surface area contributed by atoms with E-state index in [1.165, 1.54) is 51.8 Å². The van der Waals surface area contributed by atoms with Gasteiger partial charge in [-0.1, -0.05) is 0 Å². The van der Waals surface area contributed by atoms with Gasteiger partial charge in [-0.3, -0.25) is 0 Å². The molecule has 0 aliphatic carbocycles. The summed E-state index contributed by atoms with van der Waals surface area (Å²) >= 11 is -2.16. The van der Waals surface area contributed by atoms with Gasteiger partial charge >= 0.3 is 124 Å². The molecule has 2 nitrogen and oxygen atoms in total. The van der Waals surface area contributed by atoms with Crippen LogP contribution in [0.1, 0.15) is 59.3 Å². The van der Waals surface area contributed by atoms with Crippen LogP contribution in [0.4, 0.5) is 0 Å². The van der Waals surface area contributed by atoms with E-state index in [4.69, 9.17) is 0 Å². The molecule has 0 amide bonds. The van der Waals surface area contributed by atoms with E-state index in [-0.39, 0.29) is 0 Å². The Kier molecular flexibility index (Phi) is 8.12. The van der Waals surface area contributed by atoms with Crippen LogP contribution in [0, 0.1) is 0 Å². The van der Waals surface area contributed by atoms with E-state index in [1.807, 2.05) is 4.68 Å². The quantitative estimate of drug-likeness (QED) is 0.555. The molecule has 0 radical (unpaired) electrons. The molecule has 0 aliphatic heterocycles. The molecule has 0 unspecified atom stereocenters. The Balaban J connectivity index is 2.93. The van der Waals surface area contributed by atoms with Crippen molar-refractivity contribution >= 4 is 22.0 Å². The van der Waals surface area contributed by atoms with E-state index in [9.17, 15) is 0 Å². The fraction of sp³-hybridized carbons (Fsp3) is 0.812. The second kappa shape index (κ2) is 9.04. The second-order valence-electron chi connectivity index (χ2n) is 5.99. The van der Waals surface area contributed by atoms with Crippen molar-refractivity contribution in [1.29, 1.82) is 0 Å². The first-order valence-electron chi connectivity index (χ1n) is 8.17. The summed E-state index contributed by atoms with van der Waals surface area (Å²) in [5.74, 6) is 0. The molecule has 1 aromatic rings. The minimum absolute atomic E-state index is 1.34. The Bertz CT molecular complexity index is 324. The fourth-order valence-corrected chi connectivity index (χ4v) is 18.7. The van der Waals surface area contributed by atoms with E-state index < -0.39 is 18.4 Å². The van der Waals surface area contributed by atoms with Crippen LogP contribution in [0.15, 0.2) is 12.4 Å². The third-order valence-corrected chi connectivity index (χ3v) is 19.8. The van der Waals surface area contributed by atoms with Gasteiger partial charge in [-0.2, -0.15) is 0 Å². The van der Waals surface area contributed by atoms with E-state index in [2.05, 4.69) is 45.3 Å². The van der Waals surface area contributed by atoms with Crippen LogP contribution in [0.3, 0.4) is 0 Å². The van der Waals surface area contributed by atoms with Gasteiger partial charge in [0.2, 0.25) is 0 Å². The third-order valence-electron chi connectivity index (χ3n) is 4.34. The van der Waals surface area contributed by atoms with E-state index in [0.29, 0.717) is 0 Å².